The second-order valence-corrected chi connectivity index (χ2v) is 6.90. The fourth-order valence-corrected chi connectivity index (χ4v) is 3.44. The van der Waals surface area contributed by atoms with Crippen molar-refractivity contribution in [3.63, 3.8) is 0 Å². The Morgan fingerprint density at radius 1 is 1.24 bits per heavy atom. The minimum absolute atomic E-state index is 0.119. The van der Waals surface area contributed by atoms with Gasteiger partial charge in [0.2, 0.25) is 5.96 Å². The van der Waals surface area contributed by atoms with Gasteiger partial charge < -0.3 is 10.1 Å². The van der Waals surface area contributed by atoms with Crippen LogP contribution in [-0.4, -0.2) is 25.7 Å². The van der Waals surface area contributed by atoms with Crippen LogP contribution in [0.1, 0.15) is 13.3 Å². The fraction of sp³-hybridized carbons (Fsp3) is 0.278. The maximum atomic E-state index is 13.8. The molecule has 132 valence electrons. The lowest BCUT2D eigenvalue weighted by molar-refractivity contribution is 0.113. The Bertz CT molecular complexity index is 800. The second-order valence-electron chi connectivity index (χ2n) is 5.67. The molecule has 1 heterocycles. The zero-order valence-electron chi connectivity index (χ0n) is 14.0. The average Bonchev–Trinajstić information content (AvgIpc) is 2.63. The van der Waals surface area contributed by atoms with Crippen molar-refractivity contribution < 1.29 is 9.13 Å². The number of aliphatic imine (C=N–C) groups is 1. The summed E-state index contributed by atoms with van der Waals surface area (Å²) < 4.78 is 22.3. The average molecular weight is 380 g/mol. The van der Waals surface area contributed by atoms with Crippen LogP contribution in [0.15, 0.2) is 46.3 Å². The van der Waals surface area contributed by atoms with Crippen molar-refractivity contribution in [3.05, 3.63) is 47.2 Å². The molecule has 3 rings (SSSR count). The molecule has 0 aromatic heterocycles. The minimum Gasteiger partial charge on any atom is -0.382 e. The molecule has 4 nitrogen and oxygen atoms in total. The Morgan fingerprint density at radius 3 is 2.80 bits per heavy atom. The lowest BCUT2D eigenvalue weighted by Crippen LogP contribution is -2.30. The van der Waals surface area contributed by atoms with Crippen LogP contribution in [0.4, 0.5) is 10.1 Å². The monoisotopic (exact) mass is 379 g/mol. The molecule has 25 heavy (non-hydrogen) atoms. The molecular formula is C18H19ClFN3OS. The van der Waals surface area contributed by atoms with Crippen LogP contribution >= 0.6 is 23.5 Å². The first-order chi connectivity index (χ1) is 12.1. The molecule has 0 aliphatic carbocycles. The van der Waals surface area contributed by atoms with E-state index in [2.05, 4.69) is 15.0 Å². The van der Waals surface area contributed by atoms with Crippen LogP contribution in [-0.2, 0) is 4.74 Å². The third-order valence-corrected chi connectivity index (χ3v) is 5.22. The van der Waals surface area contributed by atoms with E-state index in [1.54, 1.807) is 13.2 Å². The highest BCUT2D eigenvalue weighted by Crippen LogP contribution is 2.40. The summed E-state index contributed by atoms with van der Waals surface area (Å²) in [5.41, 5.74) is 2.37. The van der Waals surface area contributed by atoms with Crippen LogP contribution in [0.25, 0.3) is 11.1 Å². The van der Waals surface area contributed by atoms with E-state index in [-0.39, 0.29) is 11.1 Å². The van der Waals surface area contributed by atoms with E-state index in [1.807, 2.05) is 31.2 Å². The highest BCUT2D eigenvalue weighted by Gasteiger charge is 2.20. The molecule has 2 N–H and O–H groups in total. The van der Waals surface area contributed by atoms with Gasteiger partial charge in [-0.15, -0.1) is 0 Å². The number of anilines is 1. The molecule has 0 saturated heterocycles. The summed E-state index contributed by atoms with van der Waals surface area (Å²) in [5.74, 6) is 0.238. The highest BCUT2D eigenvalue weighted by molar-refractivity contribution is 7.98. The summed E-state index contributed by atoms with van der Waals surface area (Å²) in [6.07, 6.45) is 0.993. The van der Waals surface area contributed by atoms with Crippen LogP contribution < -0.4 is 10.0 Å². The first kappa shape index (κ1) is 18.0. The molecule has 1 aliphatic rings. The summed E-state index contributed by atoms with van der Waals surface area (Å²) in [6, 6.07) is 10.7. The molecule has 1 aliphatic heterocycles. The van der Waals surface area contributed by atoms with Gasteiger partial charge in [0.05, 0.1) is 21.7 Å². The Hall–Kier alpha value is -1.76. The van der Waals surface area contributed by atoms with Gasteiger partial charge in [0, 0.05) is 24.8 Å². The van der Waals surface area contributed by atoms with Crippen LogP contribution in [0.2, 0.25) is 5.02 Å². The quantitative estimate of drug-likeness (QED) is 0.721. The molecule has 0 bridgehead atoms. The number of nitrogens with one attached hydrogen (secondary N) is 2. The van der Waals surface area contributed by atoms with Crippen LogP contribution in [0.5, 0.6) is 0 Å². The molecule has 0 spiro atoms. The van der Waals surface area contributed by atoms with E-state index < -0.39 is 5.82 Å². The van der Waals surface area contributed by atoms with E-state index in [4.69, 9.17) is 16.3 Å². The van der Waals surface area contributed by atoms with E-state index in [1.165, 1.54) is 18.0 Å². The number of benzene rings is 2. The van der Waals surface area contributed by atoms with Crippen molar-refractivity contribution in [1.29, 1.82) is 0 Å². The van der Waals surface area contributed by atoms with Gasteiger partial charge in [-0.2, -0.15) is 0 Å². The molecule has 1 atom stereocenters. The third kappa shape index (κ3) is 4.08. The molecule has 2 aromatic carbocycles. The number of nitrogens with zero attached hydrogens (tertiary/aromatic N) is 1. The lowest BCUT2D eigenvalue weighted by atomic mass is 10.0. The van der Waals surface area contributed by atoms with Crippen molar-refractivity contribution in [2.24, 2.45) is 4.99 Å². The standard InChI is InChI=1S/C18H19ClFN3OS/c1-11(24-2)9-10-21-18-22-17-13(6-4-8-15(17)25-23-18)12-5-3-7-14(20)16(12)19/h3-8,11H,9-10H2,1-2H3,(H2,21,22,23)/t11-/m1/s1. The molecule has 0 fully saturated rings. The molecule has 7 heteroatoms. The number of halogens is 2. The number of hydrogen-bond acceptors (Lipinski definition) is 3. The summed E-state index contributed by atoms with van der Waals surface area (Å²) in [6.45, 7) is 2.65. The van der Waals surface area contributed by atoms with E-state index in [0.717, 1.165) is 22.6 Å². The molecule has 0 radical (unpaired) electrons. The van der Waals surface area contributed by atoms with Gasteiger partial charge in [0.25, 0.3) is 0 Å². The Balaban J connectivity index is 1.89. The van der Waals surface area contributed by atoms with Crippen LogP contribution in [0, 0.1) is 5.82 Å². The molecule has 0 saturated carbocycles. The normalized spacial score (nSPS) is 16.1. The van der Waals surface area contributed by atoms with E-state index in [9.17, 15) is 4.39 Å². The fourth-order valence-electron chi connectivity index (χ4n) is 2.48. The Labute approximate surface area is 156 Å². The number of rotatable bonds is 5. The van der Waals surface area contributed by atoms with Crippen molar-refractivity contribution in [3.8, 4) is 11.1 Å². The maximum absolute atomic E-state index is 13.8. The summed E-state index contributed by atoms with van der Waals surface area (Å²) >= 11 is 7.64. The first-order valence-corrected chi connectivity index (χ1v) is 9.14. The number of para-hydroxylation sites is 1. The van der Waals surface area contributed by atoms with E-state index >= 15 is 0 Å². The zero-order chi connectivity index (χ0) is 17.8. The summed E-state index contributed by atoms with van der Waals surface area (Å²) in [5, 5.41) is 3.42. The predicted octanol–water partition coefficient (Wildman–Crippen LogP) is 4.95. The van der Waals surface area contributed by atoms with Crippen LogP contribution in [0.3, 0.4) is 0 Å². The molecule has 0 amide bonds. The van der Waals surface area contributed by atoms with E-state index in [0.29, 0.717) is 18.1 Å². The SMILES string of the molecule is CO[C@H](C)CCN=C1NSc2cccc(-c3cccc(F)c3Cl)c2N1. The van der Waals surface area contributed by atoms with Gasteiger partial charge in [0.1, 0.15) is 5.82 Å². The van der Waals surface area contributed by atoms with Crippen molar-refractivity contribution in [2.45, 2.75) is 24.3 Å². The molecule has 0 unspecified atom stereocenters. The van der Waals surface area contributed by atoms with Gasteiger partial charge in [-0.05, 0) is 37.4 Å². The Morgan fingerprint density at radius 2 is 2.00 bits per heavy atom. The Kier molecular flexibility index (Phi) is 5.83. The topological polar surface area (TPSA) is 45.6 Å². The first-order valence-electron chi connectivity index (χ1n) is 7.94. The van der Waals surface area contributed by atoms with Crippen molar-refractivity contribution in [1.82, 2.24) is 4.72 Å². The number of guanidine groups is 1. The van der Waals surface area contributed by atoms with Gasteiger partial charge in [0.15, 0.2) is 0 Å². The summed E-state index contributed by atoms with van der Waals surface area (Å²) in [7, 11) is 1.69. The van der Waals surface area contributed by atoms with Crippen molar-refractivity contribution in [2.75, 3.05) is 19.0 Å². The van der Waals surface area contributed by atoms with Gasteiger partial charge in [-0.3, -0.25) is 9.71 Å². The lowest BCUT2D eigenvalue weighted by Gasteiger charge is -2.23. The number of methoxy groups -OCH3 is 1. The molecule has 2 aromatic rings. The number of fused-ring (bicyclic) bond motifs is 1. The molecular weight excluding hydrogens is 361 g/mol. The smallest absolute Gasteiger partial charge is 0.206 e. The zero-order valence-corrected chi connectivity index (χ0v) is 15.5. The highest BCUT2D eigenvalue weighted by atomic mass is 35.5. The van der Waals surface area contributed by atoms with Crippen molar-refractivity contribution >= 4 is 35.2 Å². The van der Waals surface area contributed by atoms with Gasteiger partial charge in [-0.1, -0.05) is 35.9 Å². The summed E-state index contributed by atoms with van der Waals surface area (Å²) in [4.78, 5) is 5.53. The van der Waals surface area contributed by atoms with Gasteiger partial charge in [-0.25, -0.2) is 4.39 Å². The predicted molar refractivity (Wildman–Crippen MR) is 103 cm³/mol. The maximum Gasteiger partial charge on any atom is 0.206 e. The third-order valence-electron chi connectivity index (χ3n) is 3.98. The number of hydrogen-bond donors (Lipinski definition) is 2. The largest absolute Gasteiger partial charge is 0.382 e. The second kappa shape index (κ2) is 8.08. The minimum atomic E-state index is -0.430. The van der Waals surface area contributed by atoms with Gasteiger partial charge >= 0.3 is 0 Å². The number of ether oxygens (including phenoxy) is 1.